The molecule has 0 saturated heterocycles. The van der Waals surface area contributed by atoms with E-state index in [0.29, 0.717) is 6.42 Å². The van der Waals surface area contributed by atoms with Gasteiger partial charge >= 0.3 is 0 Å². The minimum absolute atomic E-state index is 0.0712. The van der Waals surface area contributed by atoms with Crippen molar-refractivity contribution in [3.8, 4) is 0 Å². The van der Waals surface area contributed by atoms with Crippen molar-refractivity contribution in [1.29, 1.82) is 0 Å². The van der Waals surface area contributed by atoms with E-state index in [0.717, 1.165) is 21.3 Å². The van der Waals surface area contributed by atoms with Crippen molar-refractivity contribution in [3.05, 3.63) is 63.6 Å². The third-order valence-corrected chi connectivity index (χ3v) is 4.80. The van der Waals surface area contributed by atoms with E-state index in [1.54, 1.807) is 0 Å². The molecule has 1 aliphatic rings. The first-order chi connectivity index (χ1) is 9.13. The van der Waals surface area contributed by atoms with E-state index < -0.39 is 0 Å². The van der Waals surface area contributed by atoms with E-state index in [-0.39, 0.29) is 10.7 Å². The monoisotopic (exact) mass is 379 g/mol. The van der Waals surface area contributed by atoms with Crippen molar-refractivity contribution < 1.29 is 4.79 Å². The molecule has 0 bridgehead atoms. The maximum Gasteiger partial charge on any atom is 0.228 e. The topological polar surface area (TPSA) is 29.1 Å². The quantitative estimate of drug-likeness (QED) is 0.767. The average molecular weight is 381 g/mol. The molecule has 0 saturated carbocycles. The SMILES string of the molecule is O=C1Cc2cc(C(Br)c3ccc(Br)cc3)ccc2N1. The number of amides is 1. The van der Waals surface area contributed by atoms with Crippen LogP contribution in [0.4, 0.5) is 5.69 Å². The minimum Gasteiger partial charge on any atom is -0.326 e. The zero-order valence-electron chi connectivity index (χ0n) is 9.99. The first-order valence-electron chi connectivity index (χ1n) is 5.96. The van der Waals surface area contributed by atoms with Gasteiger partial charge in [-0.25, -0.2) is 0 Å². The molecular formula is C15H11Br2NO. The highest BCUT2D eigenvalue weighted by Crippen LogP contribution is 2.34. The number of fused-ring (bicyclic) bond motifs is 1. The molecule has 96 valence electrons. The number of rotatable bonds is 2. The number of hydrogen-bond donors (Lipinski definition) is 1. The molecule has 1 amide bonds. The van der Waals surface area contributed by atoms with E-state index in [2.05, 4.69) is 55.4 Å². The third-order valence-electron chi connectivity index (χ3n) is 3.21. The van der Waals surface area contributed by atoms with Crippen LogP contribution in [0.15, 0.2) is 46.9 Å². The van der Waals surface area contributed by atoms with Gasteiger partial charge < -0.3 is 5.32 Å². The van der Waals surface area contributed by atoms with Gasteiger partial charge in [0.1, 0.15) is 0 Å². The molecule has 4 heteroatoms. The van der Waals surface area contributed by atoms with Gasteiger partial charge in [-0.1, -0.05) is 56.1 Å². The van der Waals surface area contributed by atoms with E-state index in [4.69, 9.17) is 0 Å². The lowest BCUT2D eigenvalue weighted by Gasteiger charge is -2.12. The number of nitrogens with one attached hydrogen (secondary N) is 1. The maximum absolute atomic E-state index is 11.4. The predicted octanol–water partition coefficient (Wildman–Crippen LogP) is 4.43. The van der Waals surface area contributed by atoms with Gasteiger partial charge in [0.25, 0.3) is 0 Å². The van der Waals surface area contributed by atoms with Gasteiger partial charge in [0.15, 0.2) is 0 Å². The summed E-state index contributed by atoms with van der Waals surface area (Å²) in [5.41, 5.74) is 4.37. The Morgan fingerprint density at radius 2 is 1.74 bits per heavy atom. The van der Waals surface area contributed by atoms with Gasteiger partial charge in [0.05, 0.1) is 11.2 Å². The van der Waals surface area contributed by atoms with Crippen LogP contribution in [0, 0.1) is 0 Å². The summed E-state index contributed by atoms with van der Waals surface area (Å²) < 4.78 is 1.07. The Kier molecular flexibility index (Phi) is 3.46. The molecule has 1 N–H and O–H groups in total. The molecule has 3 rings (SSSR count). The summed E-state index contributed by atoms with van der Waals surface area (Å²) in [7, 11) is 0. The summed E-state index contributed by atoms with van der Waals surface area (Å²) in [5.74, 6) is 0.0712. The molecule has 1 unspecified atom stereocenters. The smallest absolute Gasteiger partial charge is 0.228 e. The number of carbonyl (C=O) groups is 1. The Balaban J connectivity index is 1.92. The first kappa shape index (κ1) is 12.9. The standard InChI is InChI=1S/C15H11Br2NO/c16-12-4-1-9(2-5-12)15(17)10-3-6-13-11(7-10)8-14(19)18-13/h1-7,15H,8H2,(H,18,19). The number of halogens is 2. The van der Waals surface area contributed by atoms with Crippen molar-refractivity contribution in [1.82, 2.24) is 0 Å². The molecule has 2 aromatic carbocycles. The lowest BCUT2D eigenvalue weighted by atomic mass is 10.0. The summed E-state index contributed by atoms with van der Waals surface area (Å²) in [6.07, 6.45) is 0.475. The molecule has 0 aliphatic carbocycles. The van der Waals surface area contributed by atoms with Gasteiger partial charge in [-0.2, -0.15) is 0 Å². The molecule has 1 heterocycles. The molecule has 2 aromatic rings. The first-order valence-corrected chi connectivity index (χ1v) is 7.66. The molecule has 1 atom stereocenters. The van der Waals surface area contributed by atoms with E-state index in [1.165, 1.54) is 5.56 Å². The number of hydrogen-bond acceptors (Lipinski definition) is 1. The Labute approximate surface area is 128 Å². The van der Waals surface area contributed by atoms with E-state index in [9.17, 15) is 4.79 Å². The van der Waals surface area contributed by atoms with E-state index >= 15 is 0 Å². The van der Waals surface area contributed by atoms with Crippen LogP contribution >= 0.6 is 31.9 Å². The predicted molar refractivity (Wildman–Crippen MR) is 83.7 cm³/mol. The van der Waals surface area contributed by atoms with Crippen molar-refractivity contribution >= 4 is 43.5 Å². The minimum atomic E-state index is 0.0712. The van der Waals surface area contributed by atoms with Crippen LogP contribution in [0.2, 0.25) is 0 Å². The van der Waals surface area contributed by atoms with Crippen LogP contribution in [-0.4, -0.2) is 5.91 Å². The van der Waals surface area contributed by atoms with Crippen molar-refractivity contribution in [2.24, 2.45) is 0 Å². The zero-order chi connectivity index (χ0) is 13.4. The maximum atomic E-state index is 11.4. The lowest BCUT2D eigenvalue weighted by Crippen LogP contribution is -2.03. The van der Waals surface area contributed by atoms with Crippen LogP contribution in [0.25, 0.3) is 0 Å². The molecule has 0 aromatic heterocycles. The summed E-state index contributed by atoms with van der Waals surface area (Å²) in [6.45, 7) is 0. The molecule has 2 nitrogen and oxygen atoms in total. The Bertz CT molecular complexity index is 637. The Morgan fingerprint density at radius 1 is 1.05 bits per heavy atom. The van der Waals surface area contributed by atoms with Crippen molar-refractivity contribution in [3.63, 3.8) is 0 Å². The highest BCUT2D eigenvalue weighted by atomic mass is 79.9. The summed E-state index contributed by atoms with van der Waals surface area (Å²) >= 11 is 7.16. The normalized spacial score (nSPS) is 14.9. The molecule has 19 heavy (non-hydrogen) atoms. The highest BCUT2D eigenvalue weighted by Gasteiger charge is 2.19. The second kappa shape index (κ2) is 5.10. The fourth-order valence-corrected chi connectivity index (χ4v) is 3.09. The Hall–Kier alpha value is -1.13. The van der Waals surface area contributed by atoms with Gasteiger partial charge in [-0.15, -0.1) is 0 Å². The average Bonchev–Trinajstić information content (AvgIpc) is 2.77. The number of benzene rings is 2. The fourth-order valence-electron chi connectivity index (χ4n) is 2.23. The molecule has 1 aliphatic heterocycles. The highest BCUT2D eigenvalue weighted by molar-refractivity contribution is 9.10. The molecule has 0 spiro atoms. The number of alkyl halides is 1. The molecule has 0 radical (unpaired) electrons. The number of anilines is 1. The van der Waals surface area contributed by atoms with Crippen LogP contribution in [0.5, 0.6) is 0 Å². The van der Waals surface area contributed by atoms with Crippen LogP contribution in [-0.2, 0) is 11.2 Å². The van der Waals surface area contributed by atoms with Gasteiger partial charge in [0, 0.05) is 10.2 Å². The van der Waals surface area contributed by atoms with Crippen LogP contribution in [0.1, 0.15) is 21.5 Å². The van der Waals surface area contributed by atoms with Crippen molar-refractivity contribution in [2.75, 3.05) is 5.32 Å². The van der Waals surface area contributed by atoms with E-state index in [1.807, 2.05) is 24.3 Å². The third kappa shape index (κ3) is 2.60. The summed E-state index contributed by atoms with van der Waals surface area (Å²) in [5, 5.41) is 2.85. The largest absolute Gasteiger partial charge is 0.326 e. The van der Waals surface area contributed by atoms with Gasteiger partial charge in [-0.05, 0) is 34.9 Å². The second-order valence-corrected chi connectivity index (χ2v) is 6.39. The Morgan fingerprint density at radius 3 is 2.47 bits per heavy atom. The number of carbonyl (C=O) groups excluding carboxylic acids is 1. The van der Waals surface area contributed by atoms with Gasteiger partial charge in [0.2, 0.25) is 5.91 Å². The van der Waals surface area contributed by atoms with Crippen molar-refractivity contribution in [2.45, 2.75) is 11.2 Å². The lowest BCUT2D eigenvalue weighted by molar-refractivity contribution is -0.115. The fraction of sp³-hybridized carbons (Fsp3) is 0.133. The summed E-state index contributed by atoms with van der Waals surface area (Å²) in [4.78, 5) is 11.5. The molecular weight excluding hydrogens is 370 g/mol. The van der Waals surface area contributed by atoms with Gasteiger partial charge in [-0.3, -0.25) is 4.79 Å². The second-order valence-electron chi connectivity index (χ2n) is 4.56. The van der Waals surface area contributed by atoms with Crippen LogP contribution in [0.3, 0.4) is 0 Å². The summed E-state index contributed by atoms with van der Waals surface area (Å²) in [6, 6.07) is 14.3. The zero-order valence-corrected chi connectivity index (χ0v) is 13.2. The molecule has 0 fully saturated rings. The van der Waals surface area contributed by atoms with Crippen LogP contribution < -0.4 is 5.32 Å².